The summed E-state index contributed by atoms with van der Waals surface area (Å²) >= 11 is 0. The van der Waals surface area contributed by atoms with Gasteiger partial charge < -0.3 is 19.4 Å². The molecule has 0 amide bonds. The predicted molar refractivity (Wildman–Crippen MR) is 45.0 cm³/mol. The van der Waals surface area contributed by atoms with Crippen molar-refractivity contribution in [3.63, 3.8) is 0 Å². The third-order valence-electron chi connectivity index (χ3n) is 2.32. The van der Waals surface area contributed by atoms with E-state index < -0.39 is 11.6 Å². The van der Waals surface area contributed by atoms with Crippen molar-refractivity contribution in [1.29, 1.82) is 0 Å². The number of rotatable bonds is 2. The van der Waals surface area contributed by atoms with Crippen molar-refractivity contribution in [3.05, 3.63) is 23.7 Å². The molecule has 1 unspecified atom stereocenters. The average molecular weight is 198 g/mol. The first-order valence-electron chi connectivity index (χ1n) is 4.25. The van der Waals surface area contributed by atoms with E-state index in [1.54, 1.807) is 0 Å². The van der Waals surface area contributed by atoms with Crippen molar-refractivity contribution in [2.45, 2.75) is 12.0 Å². The Kier molecular flexibility index (Phi) is 2.05. The van der Waals surface area contributed by atoms with Crippen LogP contribution in [-0.4, -0.2) is 29.4 Å². The minimum Gasteiger partial charge on any atom is -0.478 e. The van der Waals surface area contributed by atoms with Gasteiger partial charge in [-0.05, 0) is 6.07 Å². The first-order chi connectivity index (χ1) is 6.63. The molecule has 0 radical (unpaired) electrons. The number of aromatic carboxylic acids is 1. The smallest absolute Gasteiger partial charge is 0.339 e. The highest BCUT2D eigenvalue weighted by molar-refractivity contribution is 5.89. The second-order valence-electron chi connectivity index (χ2n) is 3.30. The number of carbonyl (C=O) groups is 1. The molecule has 1 atom stereocenters. The van der Waals surface area contributed by atoms with Gasteiger partial charge in [0.15, 0.2) is 5.76 Å². The lowest BCUT2D eigenvalue weighted by Crippen LogP contribution is -2.27. The molecule has 0 bridgehead atoms. The number of furan rings is 1. The van der Waals surface area contributed by atoms with Crippen LogP contribution in [0.5, 0.6) is 0 Å². The van der Waals surface area contributed by atoms with E-state index in [9.17, 15) is 9.90 Å². The van der Waals surface area contributed by atoms with Crippen LogP contribution in [0.1, 0.15) is 22.5 Å². The van der Waals surface area contributed by atoms with Crippen molar-refractivity contribution in [1.82, 2.24) is 0 Å². The van der Waals surface area contributed by atoms with E-state index in [-0.39, 0.29) is 17.9 Å². The summed E-state index contributed by atoms with van der Waals surface area (Å²) in [5.41, 5.74) is -1.28. The van der Waals surface area contributed by atoms with Gasteiger partial charge in [-0.15, -0.1) is 0 Å². The van der Waals surface area contributed by atoms with Crippen LogP contribution in [0.4, 0.5) is 0 Å². The zero-order valence-corrected chi connectivity index (χ0v) is 7.40. The highest BCUT2D eigenvalue weighted by atomic mass is 16.5. The van der Waals surface area contributed by atoms with Crippen molar-refractivity contribution >= 4 is 5.97 Å². The maximum Gasteiger partial charge on any atom is 0.339 e. The van der Waals surface area contributed by atoms with Crippen LogP contribution in [0.15, 0.2) is 16.7 Å². The normalized spacial score (nSPS) is 26.6. The zero-order chi connectivity index (χ0) is 10.2. The first-order valence-corrected chi connectivity index (χ1v) is 4.25. The van der Waals surface area contributed by atoms with Gasteiger partial charge in [-0.25, -0.2) is 4.79 Å². The maximum atomic E-state index is 10.8. The zero-order valence-electron chi connectivity index (χ0n) is 7.40. The lowest BCUT2D eigenvalue weighted by molar-refractivity contribution is 0.00294. The second-order valence-corrected chi connectivity index (χ2v) is 3.30. The number of ether oxygens (including phenoxy) is 1. The lowest BCUT2D eigenvalue weighted by Gasteiger charge is -2.17. The summed E-state index contributed by atoms with van der Waals surface area (Å²) in [6, 6.07) is 1.33. The summed E-state index contributed by atoms with van der Waals surface area (Å²) in [6.07, 6.45) is 1.62. The Balaban J connectivity index is 2.40. The summed E-state index contributed by atoms with van der Waals surface area (Å²) in [7, 11) is 0. The molecule has 1 aliphatic rings. The monoisotopic (exact) mass is 198 g/mol. The van der Waals surface area contributed by atoms with Crippen molar-refractivity contribution in [2.75, 3.05) is 13.2 Å². The van der Waals surface area contributed by atoms with Crippen LogP contribution >= 0.6 is 0 Å². The molecule has 1 aromatic heterocycles. The van der Waals surface area contributed by atoms with Crippen molar-refractivity contribution in [2.24, 2.45) is 0 Å². The Bertz CT molecular complexity index is 348. The maximum absolute atomic E-state index is 10.8. The topological polar surface area (TPSA) is 79.9 Å². The number of carboxylic acid groups (broad SMARTS) is 1. The molecular formula is C9H10O5. The Morgan fingerprint density at radius 3 is 2.93 bits per heavy atom. The first kappa shape index (κ1) is 9.23. The molecule has 2 rings (SSSR count). The SMILES string of the molecule is O=C(O)c1ccoc1C1(O)CCOC1. The van der Waals surface area contributed by atoms with Crippen LogP contribution in [0.25, 0.3) is 0 Å². The van der Waals surface area contributed by atoms with Crippen LogP contribution in [-0.2, 0) is 10.3 Å². The van der Waals surface area contributed by atoms with E-state index in [1.165, 1.54) is 12.3 Å². The quantitative estimate of drug-likeness (QED) is 0.726. The highest BCUT2D eigenvalue weighted by Crippen LogP contribution is 2.33. The molecule has 0 aliphatic carbocycles. The molecule has 14 heavy (non-hydrogen) atoms. The van der Waals surface area contributed by atoms with Crippen LogP contribution < -0.4 is 0 Å². The van der Waals surface area contributed by atoms with Crippen molar-refractivity contribution < 1.29 is 24.2 Å². The molecule has 2 heterocycles. The highest BCUT2D eigenvalue weighted by Gasteiger charge is 2.40. The largest absolute Gasteiger partial charge is 0.478 e. The minimum absolute atomic E-state index is 0.00185. The number of aliphatic hydroxyl groups is 1. The standard InChI is InChI=1S/C9H10O5/c10-8(11)6-1-3-14-7(6)9(12)2-4-13-5-9/h1,3,12H,2,4-5H2,(H,10,11). The lowest BCUT2D eigenvalue weighted by atomic mass is 9.97. The molecule has 1 aromatic rings. The minimum atomic E-state index is -1.28. The molecule has 5 heteroatoms. The molecule has 76 valence electrons. The molecule has 0 saturated carbocycles. The van der Waals surface area contributed by atoms with Crippen molar-refractivity contribution in [3.8, 4) is 0 Å². The number of hydrogen-bond donors (Lipinski definition) is 2. The summed E-state index contributed by atoms with van der Waals surface area (Å²) in [4.78, 5) is 10.8. The van der Waals surface area contributed by atoms with E-state index in [1.807, 2.05) is 0 Å². The number of carboxylic acids is 1. The molecule has 5 nitrogen and oxygen atoms in total. The number of hydrogen-bond acceptors (Lipinski definition) is 4. The molecule has 1 aliphatic heterocycles. The fraction of sp³-hybridized carbons (Fsp3) is 0.444. The van der Waals surface area contributed by atoms with E-state index in [4.69, 9.17) is 14.3 Å². The molecule has 2 N–H and O–H groups in total. The van der Waals surface area contributed by atoms with Gasteiger partial charge in [0.1, 0.15) is 11.2 Å². The van der Waals surface area contributed by atoms with Gasteiger partial charge in [0.05, 0.1) is 19.5 Å². The summed E-state index contributed by atoms with van der Waals surface area (Å²) in [5.74, 6) is -1.02. The van der Waals surface area contributed by atoms with Gasteiger partial charge in [0, 0.05) is 6.42 Å². The summed E-state index contributed by atoms with van der Waals surface area (Å²) < 4.78 is 10.0. The van der Waals surface area contributed by atoms with E-state index in [0.717, 1.165) is 0 Å². The Labute approximate surface area is 79.9 Å². The Hall–Kier alpha value is -1.33. The Morgan fingerprint density at radius 1 is 1.57 bits per heavy atom. The second kappa shape index (κ2) is 3.11. The molecular weight excluding hydrogens is 188 g/mol. The van der Waals surface area contributed by atoms with Gasteiger partial charge in [0.25, 0.3) is 0 Å². The van der Waals surface area contributed by atoms with Crippen LogP contribution in [0.2, 0.25) is 0 Å². The average Bonchev–Trinajstić information content (AvgIpc) is 2.71. The Morgan fingerprint density at radius 2 is 2.36 bits per heavy atom. The van der Waals surface area contributed by atoms with Gasteiger partial charge in [-0.2, -0.15) is 0 Å². The van der Waals surface area contributed by atoms with E-state index in [2.05, 4.69) is 0 Å². The third-order valence-corrected chi connectivity index (χ3v) is 2.32. The van der Waals surface area contributed by atoms with E-state index in [0.29, 0.717) is 13.0 Å². The van der Waals surface area contributed by atoms with Crippen LogP contribution in [0, 0.1) is 0 Å². The molecule has 1 saturated heterocycles. The van der Waals surface area contributed by atoms with Gasteiger partial charge in [0.2, 0.25) is 0 Å². The van der Waals surface area contributed by atoms with Gasteiger partial charge in [-0.1, -0.05) is 0 Å². The van der Waals surface area contributed by atoms with Gasteiger partial charge >= 0.3 is 5.97 Å². The van der Waals surface area contributed by atoms with Crippen LogP contribution in [0.3, 0.4) is 0 Å². The van der Waals surface area contributed by atoms with Gasteiger partial charge in [-0.3, -0.25) is 0 Å². The van der Waals surface area contributed by atoms with E-state index >= 15 is 0 Å². The molecule has 1 fully saturated rings. The fourth-order valence-electron chi connectivity index (χ4n) is 1.57. The molecule has 0 spiro atoms. The third kappa shape index (κ3) is 1.30. The summed E-state index contributed by atoms with van der Waals surface area (Å²) in [5, 5.41) is 18.8. The molecule has 0 aromatic carbocycles. The summed E-state index contributed by atoms with van der Waals surface area (Å²) in [6.45, 7) is 0.497. The predicted octanol–water partition coefficient (Wildman–Crippen LogP) is 0.586. The fourth-order valence-corrected chi connectivity index (χ4v) is 1.57.